The molecule has 0 unspecified atom stereocenters. The van der Waals surface area contributed by atoms with Crippen LogP contribution in [-0.4, -0.2) is 53.2 Å². The van der Waals surface area contributed by atoms with Crippen molar-refractivity contribution >= 4 is 11.9 Å². The molecule has 142 valence electrons. The predicted octanol–water partition coefficient (Wildman–Crippen LogP) is 1.11. The van der Waals surface area contributed by atoms with Crippen molar-refractivity contribution in [1.29, 1.82) is 0 Å². The number of carbonyl (C=O) groups is 2. The fourth-order valence-electron chi connectivity index (χ4n) is 2.95. The van der Waals surface area contributed by atoms with E-state index < -0.39 is 30.5 Å². The zero-order valence-corrected chi connectivity index (χ0v) is 14.5. The summed E-state index contributed by atoms with van der Waals surface area (Å²) < 4.78 is 10.7. The number of aliphatic hydroxyl groups is 2. The first-order valence-electron chi connectivity index (χ1n) is 8.65. The molecule has 0 bridgehead atoms. The lowest BCUT2D eigenvalue weighted by Crippen LogP contribution is -2.57. The number of hydrogen-bond donors (Lipinski definition) is 3. The summed E-state index contributed by atoms with van der Waals surface area (Å²) in [7, 11) is 0. The molecule has 1 amide bonds. The highest BCUT2D eigenvalue weighted by atomic mass is 16.7. The summed E-state index contributed by atoms with van der Waals surface area (Å²) in [4.78, 5) is 24.8. The van der Waals surface area contributed by atoms with Crippen LogP contribution in [0.2, 0.25) is 0 Å². The van der Waals surface area contributed by atoms with Crippen molar-refractivity contribution in [3.05, 3.63) is 71.8 Å². The van der Waals surface area contributed by atoms with Crippen molar-refractivity contribution in [1.82, 2.24) is 5.32 Å². The van der Waals surface area contributed by atoms with Crippen molar-refractivity contribution in [2.75, 3.05) is 6.61 Å². The lowest BCUT2D eigenvalue weighted by Gasteiger charge is -2.38. The third-order valence-corrected chi connectivity index (χ3v) is 4.34. The molecular weight excluding hydrogens is 350 g/mol. The highest BCUT2D eigenvalue weighted by Crippen LogP contribution is 2.23. The van der Waals surface area contributed by atoms with Gasteiger partial charge >= 0.3 is 5.97 Å². The molecule has 0 aromatic heterocycles. The standard InChI is InChI=1S/C20H21NO6/c22-12-15-11-16(21-18(23)13-7-3-1-4-8-13)17(20(25)26-15)27-19(24)14-9-5-2-6-10-14/h1-10,15-17,20,22,25H,11-12H2,(H,21,23)/t15-,16-,17+,20+/m0/s1. The van der Waals surface area contributed by atoms with Crippen LogP contribution in [0.5, 0.6) is 0 Å². The SMILES string of the molecule is O=C(N[C@H]1C[C@@H](CO)O[C@@H](O)[C@@H]1OC(=O)c1ccccc1)c1ccccc1. The molecule has 2 aromatic carbocycles. The number of aliphatic hydroxyl groups excluding tert-OH is 2. The molecule has 0 saturated carbocycles. The van der Waals surface area contributed by atoms with Gasteiger partial charge < -0.3 is 25.0 Å². The summed E-state index contributed by atoms with van der Waals surface area (Å²) in [6.45, 7) is -0.325. The van der Waals surface area contributed by atoms with Gasteiger partial charge in [-0.3, -0.25) is 4.79 Å². The van der Waals surface area contributed by atoms with E-state index in [1.165, 1.54) is 0 Å². The molecule has 0 spiro atoms. The topological polar surface area (TPSA) is 105 Å². The van der Waals surface area contributed by atoms with Crippen LogP contribution in [0.1, 0.15) is 27.1 Å². The van der Waals surface area contributed by atoms with Crippen LogP contribution in [0.3, 0.4) is 0 Å². The number of hydrogen-bond acceptors (Lipinski definition) is 6. The third-order valence-electron chi connectivity index (χ3n) is 4.34. The zero-order chi connectivity index (χ0) is 19.2. The molecule has 3 rings (SSSR count). The van der Waals surface area contributed by atoms with Crippen LogP contribution in [-0.2, 0) is 9.47 Å². The Hall–Kier alpha value is -2.74. The zero-order valence-electron chi connectivity index (χ0n) is 14.5. The van der Waals surface area contributed by atoms with Gasteiger partial charge in [0.05, 0.1) is 24.3 Å². The average molecular weight is 371 g/mol. The van der Waals surface area contributed by atoms with Crippen molar-refractivity contribution in [3.63, 3.8) is 0 Å². The smallest absolute Gasteiger partial charge is 0.338 e. The van der Waals surface area contributed by atoms with Crippen molar-refractivity contribution in [3.8, 4) is 0 Å². The Labute approximate surface area is 156 Å². The van der Waals surface area contributed by atoms with E-state index in [1.54, 1.807) is 60.7 Å². The van der Waals surface area contributed by atoms with Gasteiger partial charge in [0.1, 0.15) is 0 Å². The van der Waals surface area contributed by atoms with E-state index in [1.807, 2.05) is 0 Å². The number of nitrogens with one attached hydrogen (secondary N) is 1. The van der Waals surface area contributed by atoms with Crippen LogP contribution in [0.25, 0.3) is 0 Å². The maximum atomic E-state index is 12.5. The maximum absolute atomic E-state index is 12.5. The second-order valence-corrected chi connectivity index (χ2v) is 6.25. The number of benzene rings is 2. The number of amides is 1. The van der Waals surface area contributed by atoms with E-state index in [-0.39, 0.29) is 18.9 Å². The van der Waals surface area contributed by atoms with Gasteiger partial charge in [-0.15, -0.1) is 0 Å². The van der Waals surface area contributed by atoms with Crippen LogP contribution in [0.15, 0.2) is 60.7 Å². The highest BCUT2D eigenvalue weighted by molar-refractivity contribution is 5.94. The Bertz CT molecular complexity index is 767. The Morgan fingerprint density at radius 3 is 2.22 bits per heavy atom. The van der Waals surface area contributed by atoms with Crippen LogP contribution in [0, 0.1) is 0 Å². The van der Waals surface area contributed by atoms with Crippen LogP contribution < -0.4 is 5.32 Å². The summed E-state index contributed by atoms with van der Waals surface area (Å²) >= 11 is 0. The molecule has 1 aliphatic heterocycles. The molecule has 1 heterocycles. The van der Waals surface area contributed by atoms with E-state index in [0.717, 1.165) is 0 Å². The monoisotopic (exact) mass is 371 g/mol. The van der Waals surface area contributed by atoms with E-state index in [9.17, 15) is 19.8 Å². The van der Waals surface area contributed by atoms with Gasteiger partial charge in [-0.25, -0.2) is 4.79 Å². The second kappa shape index (κ2) is 8.77. The van der Waals surface area contributed by atoms with E-state index in [0.29, 0.717) is 11.1 Å². The molecule has 0 radical (unpaired) electrons. The summed E-state index contributed by atoms with van der Waals surface area (Å²) in [6, 6.07) is 16.2. The van der Waals surface area contributed by atoms with Crippen molar-refractivity contribution < 1.29 is 29.3 Å². The number of esters is 1. The predicted molar refractivity (Wildman–Crippen MR) is 95.9 cm³/mol. The molecular formula is C20H21NO6. The van der Waals surface area contributed by atoms with Gasteiger partial charge in [0.2, 0.25) is 0 Å². The van der Waals surface area contributed by atoms with Crippen LogP contribution >= 0.6 is 0 Å². The first kappa shape index (κ1) is 19.0. The molecule has 2 aromatic rings. The maximum Gasteiger partial charge on any atom is 0.338 e. The van der Waals surface area contributed by atoms with Gasteiger partial charge in [0, 0.05) is 5.56 Å². The van der Waals surface area contributed by atoms with E-state index in [2.05, 4.69) is 5.32 Å². The minimum atomic E-state index is -1.47. The lowest BCUT2D eigenvalue weighted by atomic mass is 9.98. The van der Waals surface area contributed by atoms with Gasteiger partial charge in [-0.05, 0) is 30.7 Å². The first-order chi connectivity index (χ1) is 13.1. The van der Waals surface area contributed by atoms with E-state index >= 15 is 0 Å². The Kier molecular flexibility index (Phi) is 6.18. The average Bonchev–Trinajstić information content (AvgIpc) is 2.71. The molecule has 3 N–H and O–H groups in total. The lowest BCUT2D eigenvalue weighted by molar-refractivity contribution is -0.229. The Morgan fingerprint density at radius 1 is 1.04 bits per heavy atom. The summed E-state index contributed by atoms with van der Waals surface area (Å²) in [5, 5.41) is 22.4. The largest absolute Gasteiger partial charge is 0.451 e. The molecule has 7 heteroatoms. The second-order valence-electron chi connectivity index (χ2n) is 6.25. The number of rotatable bonds is 5. The Balaban J connectivity index is 1.76. The highest BCUT2D eigenvalue weighted by Gasteiger charge is 2.41. The fourth-order valence-corrected chi connectivity index (χ4v) is 2.95. The quantitative estimate of drug-likeness (QED) is 0.680. The molecule has 4 atom stereocenters. The molecule has 1 aliphatic rings. The number of carbonyl (C=O) groups excluding carboxylic acids is 2. The van der Waals surface area contributed by atoms with Gasteiger partial charge in [-0.1, -0.05) is 36.4 Å². The fraction of sp³-hybridized carbons (Fsp3) is 0.300. The van der Waals surface area contributed by atoms with Gasteiger partial charge in [0.15, 0.2) is 12.4 Å². The van der Waals surface area contributed by atoms with Crippen molar-refractivity contribution in [2.45, 2.75) is 31.0 Å². The molecule has 1 saturated heterocycles. The summed E-state index contributed by atoms with van der Waals surface area (Å²) in [5.41, 5.74) is 0.759. The molecule has 7 nitrogen and oxygen atoms in total. The van der Waals surface area contributed by atoms with Gasteiger partial charge in [0.25, 0.3) is 5.91 Å². The molecule has 27 heavy (non-hydrogen) atoms. The first-order valence-corrected chi connectivity index (χ1v) is 8.65. The summed E-state index contributed by atoms with van der Waals surface area (Å²) in [6.07, 6.45) is -3.05. The number of ether oxygens (including phenoxy) is 2. The van der Waals surface area contributed by atoms with Crippen molar-refractivity contribution in [2.24, 2.45) is 0 Å². The molecule has 1 fully saturated rings. The normalized spacial score (nSPS) is 24.8. The Morgan fingerprint density at radius 2 is 1.63 bits per heavy atom. The third kappa shape index (κ3) is 4.71. The van der Waals surface area contributed by atoms with Gasteiger partial charge in [-0.2, -0.15) is 0 Å². The minimum absolute atomic E-state index is 0.193. The summed E-state index contributed by atoms with van der Waals surface area (Å²) in [5.74, 6) is -1.00. The van der Waals surface area contributed by atoms with E-state index in [4.69, 9.17) is 9.47 Å². The van der Waals surface area contributed by atoms with Crippen LogP contribution in [0.4, 0.5) is 0 Å². The minimum Gasteiger partial charge on any atom is -0.451 e. The molecule has 0 aliphatic carbocycles.